The van der Waals surface area contributed by atoms with E-state index in [0.29, 0.717) is 4.43 Å². The molecule has 106 valence electrons. The van der Waals surface area contributed by atoms with Crippen molar-refractivity contribution in [2.75, 3.05) is 11.0 Å². The molecule has 11 heteroatoms. The molecule has 0 amide bonds. The number of aryl methyl sites for hydroxylation is 1. The van der Waals surface area contributed by atoms with E-state index < -0.39 is 10.0 Å². The van der Waals surface area contributed by atoms with Crippen molar-refractivity contribution in [3.05, 3.63) is 10.7 Å². The molecule has 1 aromatic heterocycles. The Hall–Kier alpha value is -0.590. The molecule has 2 heterocycles. The molecular weight excluding hydrogens is 411 g/mol. The third kappa shape index (κ3) is 2.95. The molecule has 1 aliphatic rings. The maximum absolute atomic E-state index is 11.6. The Morgan fingerprint density at radius 2 is 2.32 bits per heavy atom. The van der Waals surface area contributed by atoms with E-state index in [9.17, 15) is 8.42 Å². The van der Waals surface area contributed by atoms with E-state index in [2.05, 4.69) is 32.8 Å². The van der Waals surface area contributed by atoms with Gasteiger partial charge in [-0.25, -0.2) is 13.6 Å². The highest BCUT2D eigenvalue weighted by Crippen LogP contribution is 2.25. The molecule has 1 aliphatic heterocycles. The number of primary sulfonamides is 1. The number of halogens is 2. The fraction of sp³-hybridized carbons (Fsp3) is 0.500. The zero-order valence-corrected chi connectivity index (χ0v) is 13.4. The minimum absolute atomic E-state index is 0.0150. The van der Waals surface area contributed by atoms with E-state index in [1.54, 1.807) is 0 Å². The lowest BCUT2D eigenvalue weighted by atomic mass is 10.3. The standard InChI is InChI=1S/C8H10ClIN4O4S/c1-14-8(19(11,15)16)5(6(9)12-14)7-13-17-3-4(2-10)18-7/h4H,2-3H2,1H3,(H2,11,15,16). The molecule has 0 spiro atoms. The number of aromatic nitrogens is 2. The maximum Gasteiger partial charge on any atom is 0.264 e. The molecule has 2 rings (SSSR count). The van der Waals surface area contributed by atoms with Gasteiger partial charge in [-0.15, -0.1) is 0 Å². The first-order valence-electron chi connectivity index (χ1n) is 5.03. The summed E-state index contributed by atoms with van der Waals surface area (Å²) < 4.78 is 30.4. The van der Waals surface area contributed by atoms with Gasteiger partial charge in [0.25, 0.3) is 15.9 Å². The molecule has 0 fully saturated rings. The van der Waals surface area contributed by atoms with E-state index >= 15 is 0 Å². The summed E-state index contributed by atoms with van der Waals surface area (Å²) >= 11 is 8.03. The molecular formula is C8H10ClIN4O4S. The molecule has 0 bridgehead atoms. The second kappa shape index (κ2) is 5.42. The van der Waals surface area contributed by atoms with Gasteiger partial charge in [0.2, 0.25) is 0 Å². The van der Waals surface area contributed by atoms with Gasteiger partial charge in [-0.1, -0.05) is 34.2 Å². The van der Waals surface area contributed by atoms with Gasteiger partial charge in [-0.2, -0.15) is 5.10 Å². The maximum atomic E-state index is 11.6. The molecule has 0 aliphatic carbocycles. The number of nitrogens with two attached hydrogens (primary N) is 1. The van der Waals surface area contributed by atoms with E-state index in [1.165, 1.54) is 7.05 Å². The smallest absolute Gasteiger partial charge is 0.264 e. The Morgan fingerprint density at radius 1 is 1.63 bits per heavy atom. The molecule has 0 radical (unpaired) electrons. The Kier molecular flexibility index (Phi) is 4.23. The summed E-state index contributed by atoms with van der Waals surface area (Å²) in [5.41, 5.74) is 0.0150. The highest BCUT2D eigenvalue weighted by atomic mass is 127. The second-order valence-electron chi connectivity index (χ2n) is 3.73. The number of sulfonamides is 1. The fourth-order valence-corrected chi connectivity index (χ4v) is 3.21. The molecule has 1 aromatic rings. The van der Waals surface area contributed by atoms with E-state index in [1.807, 2.05) is 0 Å². The average molecular weight is 421 g/mol. The Labute approximate surface area is 128 Å². The van der Waals surface area contributed by atoms with Crippen LogP contribution in [0.5, 0.6) is 0 Å². The van der Waals surface area contributed by atoms with E-state index in [-0.39, 0.29) is 34.4 Å². The van der Waals surface area contributed by atoms with Gasteiger partial charge in [0, 0.05) is 11.5 Å². The summed E-state index contributed by atoms with van der Waals surface area (Å²) in [7, 11) is -2.61. The normalized spacial score (nSPS) is 19.6. The quantitative estimate of drug-likeness (QED) is 0.556. The van der Waals surface area contributed by atoms with Crippen molar-refractivity contribution in [2.45, 2.75) is 11.1 Å². The van der Waals surface area contributed by atoms with Crippen molar-refractivity contribution >= 4 is 50.1 Å². The second-order valence-corrected chi connectivity index (χ2v) is 6.44. The van der Waals surface area contributed by atoms with Crippen LogP contribution in [0.4, 0.5) is 0 Å². The predicted molar refractivity (Wildman–Crippen MR) is 75.8 cm³/mol. The van der Waals surface area contributed by atoms with Crippen molar-refractivity contribution < 1.29 is 18.0 Å². The topological polar surface area (TPSA) is 109 Å². The molecule has 8 nitrogen and oxygen atoms in total. The van der Waals surface area contributed by atoms with Crippen molar-refractivity contribution in [2.24, 2.45) is 17.3 Å². The van der Waals surface area contributed by atoms with Gasteiger partial charge < -0.3 is 9.57 Å². The summed E-state index contributed by atoms with van der Waals surface area (Å²) in [6, 6.07) is 0. The monoisotopic (exact) mass is 420 g/mol. The Bertz CT molecular complexity index is 629. The van der Waals surface area contributed by atoms with E-state index in [4.69, 9.17) is 26.3 Å². The van der Waals surface area contributed by atoms with Crippen LogP contribution in [0.25, 0.3) is 0 Å². The highest BCUT2D eigenvalue weighted by molar-refractivity contribution is 14.1. The van der Waals surface area contributed by atoms with Gasteiger partial charge >= 0.3 is 0 Å². The molecule has 19 heavy (non-hydrogen) atoms. The van der Waals surface area contributed by atoms with Crippen molar-refractivity contribution in [1.82, 2.24) is 9.78 Å². The van der Waals surface area contributed by atoms with Crippen molar-refractivity contribution in [3.8, 4) is 0 Å². The molecule has 2 N–H and O–H groups in total. The minimum Gasteiger partial charge on any atom is -0.467 e. The third-order valence-electron chi connectivity index (χ3n) is 2.29. The number of rotatable bonds is 3. The summed E-state index contributed by atoms with van der Waals surface area (Å²) in [6.07, 6.45) is -0.238. The first kappa shape index (κ1) is 14.8. The first-order valence-corrected chi connectivity index (χ1v) is 8.47. The van der Waals surface area contributed by atoms with Crippen LogP contribution in [0.15, 0.2) is 10.2 Å². The largest absolute Gasteiger partial charge is 0.467 e. The average Bonchev–Trinajstić information content (AvgIpc) is 2.64. The summed E-state index contributed by atoms with van der Waals surface area (Å²) in [4.78, 5) is 5.00. The number of ether oxygens (including phenoxy) is 1. The van der Waals surface area contributed by atoms with Gasteiger partial charge in [-0.3, -0.25) is 4.68 Å². The zero-order valence-electron chi connectivity index (χ0n) is 9.71. The Balaban J connectivity index is 2.54. The lowest BCUT2D eigenvalue weighted by Gasteiger charge is -2.21. The summed E-state index contributed by atoms with van der Waals surface area (Å²) in [5, 5.41) is 12.3. The number of oxime groups is 1. The SMILES string of the molecule is Cn1nc(Cl)c(C2=NOCC(CI)O2)c1S(N)(=O)=O. The van der Waals surface area contributed by atoms with Gasteiger partial charge in [0.15, 0.2) is 16.8 Å². The highest BCUT2D eigenvalue weighted by Gasteiger charge is 2.31. The molecule has 1 unspecified atom stereocenters. The molecule has 1 atom stereocenters. The van der Waals surface area contributed by atoms with Gasteiger partial charge in [0.05, 0.1) is 0 Å². The summed E-state index contributed by atoms with van der Waals surface area (Å²) in [5.74, 6) is -0.0324. The first-order chi connectivity index (χ1) is 8.84. The number of hydrogen-bond donors (Lipinski definition) is 1. The van der Waals surface area contributed by atoms with Crippen LogP contribution in [-0.4, -0.2) is 41.2 Å². The summed E-state index contributed by atoms with van der Waals surface area (Å²) in [6.45, 7) is 0.287. The molecule has 0 saturated carbocycles. The third-order valence-corrected chi connectivity index (χ3v) is 4.55. The van der Waals surface area contributed by atoms with Crippen LogP contribution in [0.3, 0.4) is 0 Å². The number of alkyl halides is 1. The van der Waals surface area contributed by atoms with Gasteiger partial charge in [0.1, 0.15) is 11.7 Å². The Morgan fingerprint density at radius 3 is 2.89 bits per heavy atom. The van der Waals surface area contributed by atoms with Crippen LogP contribution in [0, 0.1) is 0 Å². The lowest BCUT2D eigenvalue weighted by Crippen LogP contribution is -2.30. The molecule has 0 aromatic carbocycles. The number of nitrogens with zero attached hydrogens (tertiary/aromatic N) is 3. The van der Waals surface area contributed by atoms with Crippen molar-refractivity contribution in [3.63, 3.8) is 0 Å². The zero-order chi connectivity index (χ0) is 14.2. The van der Waals surface area contributed by atoms with Crippen LogP contribution in [0.1, 0.15) is 5.56 Å². The van der Waals surface area contributed by atoms with Crippen LogP contribution >= 0.6 is 34.2 Å². The lowest BCUT2D eigenvalue weighted by molar-refractivity contribution is 0.0229. The number of hydrogen-bond acceptors (Lipinski definition) is 6. The van der Waals surface area contributed by atoms with Crippen LogP contribution in [-0.2, 0) is 26.6 Å². The van der Waals surface area contributed by atoms with Gasteiger partial charge in [-0.05, 0) is 5.16 Å². The predicted octanol–water partition coefficient (Wildman–Crippen LogP) is 0.233. The van der Waals surface area contributed by atoms with Crippen LogP contribution in [0.2, 0.25) is 5.15 Å². The van der Waals surface area contributed by atoms with Crippen LogP contribution < -0.4 is 5.14 Å². The fourth-order valence-electron chi connectivity index (χ4n) is 1.56. The minimum atomic E-state index is -4.02. The van der Waals surface area contributed by atoms with E-state index in [0.717, 1.165) is 4.68 Å². The molecule has 0 saturated heterocycles. The van der Waals surface area contributed by atoms with Crippen molar-refractivity contribution in [1.29, 1.82) is 0 Å².